The molecule has 1 saturated carbocycles. The summed E-state index contributed by atoms with van der Waals surface area (Å²) in [7, 11) is 0. The summed E-state index contributed by atoms with van der Waals surface area (Å²) in [5.41, 5.74) is 0.691. The van der Waals surface area contributed by atoms with Gasteiger partial charge in [0.15, 0.2) is 0 Å². The fraction of sp³-hybridized carbons (Fsp3) is 0.588. The number of carbonyl (C=O) groups excluding carboxylic acids is 1. The molecule has 4 atom stereocenters. The maximum atomic E-state index is 12.2. The number of benzene rings is 1. The van der Waals surface area contributed by atoms with E-state index in [-0.39, 0.29) is 35.1 Å². The number of hydrogen-bond donors (Lipinski definition) is 0. The molecule has 1 amide bonds. The molecule has 26 heavy (non-hydrogen) atoms. The van der Waals surface area contributed by atoms with Gasteiger partial charge in [-0.1, -0.05) is 12.1 Å². The van der Waals surface area contributed by atoms with E-state index >= 15 is 0 Å². The second-order valence-electron chi connectivity index (χ2n) is 6.60. The topological polar surface area (TPSA) is 38.8 Å². The van der Waals surface area contributed by atoms with Crippen molar-refractivity contribution in [3.63, 3.8) is 0 Å². The molecule has 0 spiro atoms. The van der Waals surface area contributed by atoms with Crippen LogP contribution in [0.25, 0.3) is 0 Å². The summed E-state index contributed by atoms with van der Waals surface area (Å²) in [6.45, 7) is 0.692. The molecule has 2 fully saturated rings. The normalized spacial score (nSPS) is 29.6. The number of halogens is 5. The number of amides is 1. The van der Waals surface area contributed by atoms with Crippen LogP contribution in [0.2, 0.25) is 0 Å². The lowest BCUT2D eigenvalue weighted by molar-refractivity contribution is -0.274. The third kappa shape index (κ3) is 4.88. The molecule has 1 aliphatic carbocycles. The maximum Gasteiger partial charge on any atom is 0.573 e. The van der Waals surface area contributed by atoms with Gasteiger partial charge in [0.05, 0.1) is 11.9 Å². The van der Waals surface area contributed by atoms with E-state index in [2.05, 4.69) is 4.74 Å². The average Bonchev–Trinajstić information content (AvgIpc) is 2.91. The van der Waals surface area contributed by atoms with E-state index in [0.29, 0.717) is 18.5 Å². The first-order valence-electron chi connectivity index (χ1n) is 8.29. The highest BCUT2D eigenvalue weighted by Crippen LogP contribution is 2.36. The lowest BCUT2D eigenvalue weighted by Crippen LogP contribution is -2.34. The van der Waals surface area contributed by atoms with E-state index in [1.165, 1.54) is 24.3 Å². The number of nitrogens with zero attached hydrogens (tertiary/aromatic N) is 1. The average molecular weight is 412 g/mol. The van der Waals surface area contributed by atoms with Gasteiger partial charge in [-0.3, -0.25) is 0 Å². The first-order valence-corrected chi connectivity index (χ1v) is 9.17. The number of ether oxygens (including phenoxy) is 2. The molecule has 0 N–H and O–H groups in total. The van der Waals surface area contributed by atoms with Gasteiger partial charge in [-0.25, -0.2) is 4.79 Å². The SMILES string of the molecule is O=C1OC([C@H]2CCC(Cl)C(Cl)C2)CN1Cc1ccc(OC(F)(F)F)cc1. The number of cyclic esters (lactones) is 1. The molecular weight excluding hydrogens is 394 g/mol. The highest BCUT2D eigenvalue weighted by Gasteiger charge is 2.40. The van der Waals surface area contributed by atoms with Crippen LogP contribution in [0.3, 0.4) is 0 Å². The van der Waals surface area contributed by atoms with E-state index in [0.717, 1.165) is 12.8 Å². The van der Waals surface area contributed by atoms with Crippen molar-refractivity contribution in [1.82, 2.24) is 4.90 Å². The lowest BCUT2D eigenvalue weighted by atomic mass is 9.84. The van der Waals surface area contributed by atoms with Crippen LogP contribution < -0.4 is 4.74 Å². The van der Waals surface area contributed by atoms with Crippen LogP contribution in [-0.2, 0) is 11.3 Å². The molecule has 2 aliphatic rings. The quantitative estimate of drug-likeness (QED) is 0.659. The van der Waals surface area contributed by atoms with E-state index < -0.39 is 12.5 Å². The van der Waals surface area contributed by atoms with Gasteiger partial charge in [0.25, 0.3) is 0 Å². The Morgan fingerprint density at radius 2 is 1.85 bits per heavy atom. The molecular formula is C17H18Cl2F3NO3. The van der Waals surface area contributed by atoms with Crippen LogP contribution in [0.15, 0.2) is 24.3 Å². The van der Waals surface area contributed by atoms with Crippen LogP contribution in [0.1, 0.15) is 24.8 Å². The number of alkyl halides is 5. The van der Waals surface area contributed by atoms with Crippen LogP contribution in [0.4, 0.5) is 18.0 Å². The van der Waals surface area contributed by atoms with Crippen molar-refractivity contribution >= 4 is 29.3 Å². The zero-order valence-electron chi connectivity index (χ0n) is 13.7. The third-order valence-electron chi connectivity index (χ3n) is 4.70. The molecule has 1 aliphatic heterocycles. The van der Waals surface area contributed by atoms with E-state index in [4.69, 9.17) is 27.9 Å². The van der Waals surface area contributed by atoms with Gasteiger partial charge in [0, 0.05) is 11.9 Å². The minimum atomic E-state index is -4.73. The molecule has 0 radical (unpaired) electrons. The minimum Gasteiger partial charge on any atom is -0.444 e. The molecule has 1 heterocycles. The summed E-state index contributed by atoms with van der Waals surface area (Å²) in [6.07, 6.45) is -3.05. The fourth-order valence-electron chi connectivity index (χ4n) is 3.37. The molecule has 9 heteroatoms. The zero-order chi connectivity index (χ0) is 18.9. The molecule has 0 aromatic heterocycles. The fourth-order valence-corrected chi connectivity index (χ4v) is 3.95. The van der Waals surface area contributed by atoms with Crippen molar-refractivity contribution < 1.29 is 27.4 Å². The van der Waals surface area contributed by atoms with Crippen molar-refractivity contribution in [2.24, 2.45) is 5.92 Å². The Kier molecular flexibility index (Phi) is 5.77. The lowest BCUT2D eigenvalue weighted by Gasteiger charge is -2.31. The third-order valence-corrected chi connectivity index (χ3v) is 5.83. The highest BCUT2D eigenvalue weighted by molar-refractivity contribution is 6.30. The van der Waals surface area contributed by atoms with Gasteiger partial charge in [0.2, 0.25) is 0 Å². The van der Waals surface area contributed by atoms with Crippen molar-refractivity contribution in [3.05, 3.63) is 29.8 Å². The maximum absolute atomic E-state index is 12.2. The predicted octanol–water partition coefficient (Wildman–Crippen LogP) is 4.92. The standard InChI is InChI=1S/C17H18Cl2F3NO3/c18-13-6-3-11(7-14(13)19)15-9-23(16(24)25-15)8-10-1-4-12(5-2-10)26-17(20,21)22/h1-2,4-5,11,13-15H,3,6-9H2/t11-,13?,14?,15?/m0/s1. The largest absolute Gasteiger partial charge is 0.573 e. The van der Waals surface area contributed by atoms with Gasteiger partial charge >= 0.3 is 12.5 Å². The Morgan fingerprint density at radius 1 is 1.15 bits per heavy atom. The van der Waals surface area contributed by atoms with Gasteiger partial charge < -0.3 is 14.4 Å². The summed E-state index contributed by atoms with van der Waals surface area (Å²) in [6, 6.07) is 5.44. The van der Waals surface area contributed by atoms with Crippen LogP contribution in [0, 0.1) is 5.92 Å². The summed E-state index contributed by atoms with van der Waals surface area (Å²) in [5, 5.41) is -0.192. The Balaban J connectivity index is 1.56. The first kappa shape index (κ1) is 19.4. The molecule has 144 valence electrons. The Hall–Kier alpha value is -1.34. The first-order chi connectivity index (χ1) is 12.2. The molecule has 4 nitrogen and oxygen atoms in total. The van der Waals surface area contributed by atoms with E-state index in [9.17, 15) is 18.0 Å². The van der Waals surface area contributed by atoms with Crippen molar-refractivity contribution in [2.45, 2.75) is 49.0 Å². The van der Waals surface area contributed by atoms with E-state index in [1.807, 2.05) is 0 Å². The number of carbonyl (C=O) groups is 1. The highest BCUT2D eigenvalue weighted by atomic mass is 35.5. The molecule has 1 aromatic carbocycles. The summed E-state index contributed by atoms with van der Waals surface area (Å²) >= 11 is 12.4. The van der Waals surface area contributed by atoms with Gasteiger partial charge in [-0.15, -0.1) is 36.4 Å². The Bertz CT molecular complexity index is 641. The molecule has 1 aromatic rings. The predicted molar refractivity (Wildman–Crippen MR) is 90.4 cm³/mol. The number of rotatable bonds is 4. The molecule has 3 unspecified atom stereocenters. The second kappa shape index (κ2) is 7.72. The zero-order valence-corrected chi connectivity index (χ0v) is 15.2. The summed E-state index contributed by atoms with van der Waals surface area (Å²) < 4.78 is 45.9. The summed E-state index contributed by atoms with van der Waals surface area (Å²) in [5.74, 6) is -0.127. The van der Waals surface area contributed by atoms with Crippen LogP contribution in [-0.4, -0.2) is 40.8 Å². The summed E-state index contributed by atoms with van der Waals surface area (Å²) in [4.78, 5) is 13.6. The number of hydrogen-bond acceptors (Lipinski definition) is 3. The Morgan fingerprint density at radius 3 is 2.46 bits per heavy atom. The van der Waals surface area contributed by atoms with Crippen molar-refractivity contribution in [2.75, 3.05) is 6.54 Å². The van der Waals surface area contributed by atoms with Crippen LogP contribution in [0.5, 0.6) is 5.75 Å². The Labute approximate surface area is 159 Å². The smallest absolute Gasteiger partial charge is 0.444 e. The van der Waals surface area contributed by atoms with Gasteiger partial charge in [0.1, 0.15) is 11.9 Å². The minimum absolute atomic E-state index is 0.0569. The van der Waals surface area contributed by atoms with Crippen molar-refractivity contribution in [1.29, 1.82) is 0 Å². The second-order valence-corrected chi connectivity index (χ2v) is 7.72. The monoisotopic (exact) mass is 411 g/mol. The molecule has 3 rings (SSSR count). The van der Waals surface area contributed by atoms with Gasteiger partial charge in [-0.2, -0.15) is 0 Å². The molecule has 1 saturated heterocycles. The molecule has 0 bridgehead atoms. The van der Waals surface area contributed by atoms with Crippen LogP contribution >= 0.6 is 23.2 Å². The van der Waals surface area contributed by atoms with Crippen molar-refractivity contribution in [3.8, 4) is 5.75 Å². The van der Waals surface area contributed by atoms with E-state index in [1.54, 1.807) is 4.90 Å². The van der Waals surface area contributed by atoms with Gasteiger partial charge in [-0.05, 0) is 42.9 Å².